The molecule has 0 atom stereocenters. The summed E-state index contributed by atoms with van der Waals surface area (Å²) in [4.78, 5) is 25.7. The van der Waals surface area contributed by atoms with Gasteiger partial charge >= 0.3 is 5.69 Å². The van der Waals surface area contributed by atoms with Gasteiger partial charge in [0, 0.05) is 39.3 Å². The lowest BCUT2D eigenvalue weighted by Crippen LogP contribution is -2.26. The molecular weight excluding hydrogens is 428 g/mol. The number of fused-ring (bicyclic) bond motifs is 1. The summed E-state index contributed by atoms with van der Waals surface area (Å²) < 4.78 is 29.6. The third-order valence-corrected chi connectivity index (χ3v) is 7.42. The highest BCUT2D eigenvalue weighted by Gasteiger charge is 2.20. The Morgan fingerprint density at radius 1 is 1.03 bits per heavy atom. The molecule has 1 N–H and O–H groups in total. The lowest BCUT2D eigenvalue weighted by molar-refractivity contribution is -0.116. The van der Waals surface area contributed by atoms with E-state index in [2.05, 4.69) is 5.32 Å². The van der Waals surface area contributed by atoms with Crippen LogP contribution in [-0.2, 0) is 27.9 Å². The molecule has 1 heterocycles. The molecule has 3 rings (SSSR count). The van der Waals surface area contributed by atoms with Crippen molar-refractivity contribution in [2.24, 2.45) is 0 Å². The number of rotatable bonds is 8. The largest absolute Gasteiger partial charge is 0.329 e. The standard InChI is InChI=1S/C23H30N4O4S/c1-6-12-26-20-9-7-8-10-21(20)27(23(26)29)13-11-22(28)24-19-15-18(14-16(2)17(19)3)32(30,31)25(4)5/h7-10,14-15H,6,11-13H2,1-5H3,(H,24,28). The van der Waals surface area contributed by atoms with Gasteiger partial charge in [0.25, 0.3) is 0 Å². The van der Waals surface area contributed by atoms with Gasteiger partial charge in [-0.15, -0.1) is 0 Å². The number of anilines is 1. The van der Waals surface area contributed by atoms with Crippen molar-refractivity contribution in [3.05, 3.63) is 58.0 Å². The molecule has 0 bridgehead atoms. The number of carbonyl (C=O) groups is 1. The number of benzene rings is 2. The number of nitrogens with zero attached hydrogens (tertiary/aromatic N) is 3. The first-order valence-electron chi connectivity index (χ1n) is 10.6. The Bertz CT molecular complexity index is 1320. The highest BCUT2D eigenvalue weighted by molar-refractivity contribution is 7.89. The summed E-state index contributed by atoms with van der Waals surface area (Å²) in [5.41, 5.74) is 3.54. The van der Waals surface area contributed by atoms with E-state index in [1.54, 1.807) is 15.2 Å². The van der Waals surface area contributed by atoms with E-state index < -0.39 is 10.0 Å². The Kier molecular flexibility index (Phi) is 6.90. The van der Waals surface area contributed by atoms with Crippen molar-refractivity contribution in [1.29, 1.82) is 0 Å². The zero-order chi connectivity index (χ0) is 23.6. The van der Waals surface area contributed by atoms with Crippen LogP contribution in [-0.4, -0.2) is 41.9 Å². The van der Waals surface area contributed by atoms with Crippen molar-refractivity contribution in [1.82, 2.24) is 13.4 Å². The molecule has 172 valence electrons. The molecule has 0 radical (unpaired) electrons. The first-order chi connectivity index (χ1) is 15.1. The average Bonchev–Trinajstić information content (AvgIpc) is 3.01. The molecule has 0 fully saturated rings. The topological polar surface area (TPSA) is 93.4 Å². The minimum absolute atomic E-state index is 0.0865. The molecular formula is C23H30N4O4S. The molecule has 0 aliphatic carbocycles. The number of aryl methyl sites for hydroxylation is 3. The van der Waals surface area contributed by atoms with Gasteiger partial charge in [0.05, 0.1) is 15.9 Å². The number of hydrogen-bond acceptors (Lipinski definition) is 4. The van der Waals surface area contributed by atoms with Gasteiger partial charge in [0.1, 0.15) is 0 Å². The fraction of sp³-hybridized carbons (Fsp3) is 0.391. The molecule has 1 amide bonds. The van der Waals surface area contributed by atoms with E-state index in [0.29, 0.717) is 12.2 Å². The first-order valence-corrected chi connectivity index (χ1v) is 12.0. The Hall–Kier alpha value is -2.91. The molecule has 2 aromatic carbocycles. The van der Waals surface area contributed by atoms with Crippen LogP contribution in [0.4, 0.5) is 5.69 Å². The van der Waals surface area contributed by atoms with Crippen molar-refractivity contribution in [2.75, 3.05) is 19.4 Å². The van der Waals surface area contributed by atoms with Gasteiger partial charge in [-0.2, -0.15) is 0 Å². The summed E-state index contributed by atoms with van der Waals surface area (Å²) >= 11 is 0. The van der Waals surface area contributed by atoms with Crippen LogP contribution in [0.1, 0.15) is 30.9 Å². The van der Waals surface area contributed by atoms with E-state index in [0.717, 1.165) is 32.9 Å². The minimum Gasteiger partial charge on any atom is -0.326 e. The van der Waals surface area contributed by atoms with E-state index in [1.165, 1.54) is 20.2 Å². The highest BCUT2D eigenvalue weighted by Crippen LogP contribution is 2.25. The molecule has 0 unspecified atom stereocenters. The van der Waals surface area contributed by atoms with Crippen molar-refractivity contribution in [3.8, 4) is 0 Å². The second kappa shape index (κ2) is 9.30. The maximum atomic E-state index is 12.9. The Morgan fingerprint density at radius 3 is 2.19 bits per heavy atom. The van der Waals surface area contributed by atoms with Crippen LogP contribution in [0.15, 0.2) is 46.1 Å². The molecule has 32 heavy (non-hydrogen) atoms. The summed E-state index contributed by atoms with van der Waals surface area (Å²) in [5.74, 6) is -0.286. The quantitative estimate of drug-likeness (QED) is 0.561. The SMILES string of the molecule is CCCn1c(=O)n(CCC(=O)Nc2cc(S(=O)(=O)N(C)C)cc(C)c2C)c2ccccc21. The maximum Gasteiger partial charge on any atom is 0.329 e. The van der Waals surface area contributed by atoms with Gasteiger partial charge in [-0.25, -0.2) is 17.5 Å². The van der Waals surface area contributed by atoms with E-state index in [4.69, 9.17) is 0 Å². The van der Waals surface area contributed by atoms with E-state index in [1.807, 2.05) is 45.0 Å². The number of nitrogens with one attached hydrogen (secondary N) is 1. The third-order valence-electron chi connectivity index (χ3n) is 5.63. The molecule has 0 aliphatic rings. The lowest BCUT2D eigenvalue weighted by atomic mass is 10.1. The van der Waals surface area contributed by atoms with Crippen molar-refractivity contribution in [2.45, 2.75) is 51.6 Å². The Morgan fingerprint density at radius 2 is 1.62 bits per heavy atom. The van der Waals surface area contributed by atoms with Gasteiger partial charge in [-0.1, -0.05) is 19.1 Å². The van der Waals surface area contributed by atoms with Crippen molar-refractivity contribution >= 4 is 32.7 Å². The van der Waals surface area contributed by atoms with Crippen LogP contribution >= 0.6 is 0 Å². The molecule has 0 saturated heterocycles. The fourth-order valence-corrected chi connectivity index (χ4v) is 4.68. The second-order valence-corrected chi connectivity index (χ2v) is 10.2. The molecule has 0 spiro atoms. The number of para-hydroxylation sites is 2. The fourth-order valence-electron chi connectivity index (χ4n) is 3.67. The van der Waals surface area contributed by atoms with Crippen LogP contribution < -0.4 is 11.0 Å². The molecule has 9 heteroatoms. The number of carbonyl (C=O) groups excluding carboxylic acids is 1. The molecule has 0 aliphatic heterocycles. The van der Waals surface area contributed by atoms with Crippen LogP contribution in [0.3, 0.4) is 0 Å². The van der Waals surface area contributed by atoms with Crippen LogP contribution in [0, 0.1) is 13.8 Å². The normalized spacial score (nSPS) is 11.9. The van der Waals surface area contributed by atoms with E-state index >= 15 is 0 Å². The van der Waals surface area contributed by atoms with E-state index in [9.17, 15) is 18.0 Å². The Labute approximate surface area is 188 Å². The third kappa shape index (κ3) is 4.49. The summed E-state index contributed by atoms with van der Waals surface area (Å²) in [7, 11) is -0.693. The monoisotopic (exact) mass is 458 g/mol. The van der Waals surface area contributed by atoms with Gasteiger partial charge in [0.15, 0.2) is 0 Å². The van der Waals surface area contributed by atoms with Crippen LogP contribution in [0.2, 0.25) is 0 Å². The summed E-state index contributed by atoms with van der Waals surface area (Å²) in [6.07, 6.45) is 0.919. The second-order valence-electron chi connectivity index (χ2n) is 8.07. The van der Waals surface area contributed by atoms with Crippen LogP contribution in [0.5, 0.6) is 0 Å². The lowest BCUT2D eigenvalue weighted by Gasteiger charge is -2.16. The minimum atomic E-state index is -3.63. The number of sulfonamides is 1. The summed E-state index contributed by atoms with van der Waals surface area (Å²) in [5, 5.41) is 2.83. The molecule has 8 nitrogen and oxygen atoms in total. The first kappa shape index (κ1) is 23.7. The molecule has 1 aromatic heterocycles. The maximum absolute atomic E-state index is 12.9. The zero-order valence-corrected chi connectivity index (χ0v) is 20.0. The van der Waals surface area contributed by atoms with Crippen molar-refractivity contribution in [3.63, 3.8) is 0 Å². The predicted octanol–water partition coefficient (Wildman–Crippen LogP) is 3.11. The summed E-state index contributed by atoms with van der Waals surface area (Å²) in [6, 6.07) is 10.6. The van der Waals surface area contributed by atoms with Gasteiger partial charge in [0.2, 0.25) is 15.9 Å². The van der Waals surface area contributed by atoms with E-state index in [-0.39, 0.29) is 29.5 Å². The van der Waals surface area contributed by atoms with Crippen molar-refractivity contribution < 1.29 is 13.2 Å². The molecule has 0 saturated carbocycles. The average molecular weight is 459 g/mol. The Balaban J connectivity index is 1.84. The number of amides is 1. The number of hydrogen-bond donors (Lipinski definition) is 1. The zero-order valence-electron chi connectivity index (χ0n) is 19.2. The van der Waals surface area contributed by atoms with Gasteiger partial charge < -0.3 is 5.32 Å². The highest BCUT2D eigenvalue weighted by atomic mass is 32.2. The predicted molar refractivity (Wildman–Crippen MR) is 127 cm³/mol. The van der Waals surface area contributed by atoms with Gasteiger partial charge in [-0.3, -0.25) is 13.9 Å². The van der Waals surface area contributed by atoms with Crippen LogP contribution in [0.25, 0.3) is 11.0 Å². The van der Waals surface area contributed by atoms with Gasteiger partial charge in [-0.05, 0) is 55.7 Å². The number of aromatic nitrogens is 2. The number of imidazole rings is 1. The smallest absolute Gasteiger partial charge is 0.326 e. The molecule has 3 aromatic rings. The summed E-state index contributed by atoms with van der Waals surface area (Å²) in [6.45, 7) is 6.50.